The number of nitrogens with zero attached hydrogens (tertiary/aromatic N) is 1. The first-order valence-electron chi connectivity index (χ1n) is 4.99. The number of likely N-dealkylation sites (tertiary alicyclic amines) is 1. The molecule has 0 bridgehead atoms. The zero-order chi connectivity index (χ0) is 14.4. The predicted octanol–water partition coefficient (Wildman–Crippen LogP) is -0.373. The predicted molar refractivity (Wildman–Crippen MR) is 60.3 cm³/mol. The summed E-state index contributed by atoms with van der Waals surface area (Å²) in [6.07, 6.45) is 2.94. The molecule has 0 unspecified atom stereocenters. The van der Waals surface area contributed by atoms with Crippen LogP contribution in [0.2, 0.25) is 0 Å². The first-order chi connectivity index (χ1) is 8.05. The van der Waals surface area contributed by atoms with E-state index in [1.165, 1.54) is 0 Å². The van der Waals surface area contributed by atoms with E-state index in [9.17, 15) is 21.6 Å². The van der Waals surface area contributed by atoms with Crippen molar-refractivity contribution >= 4 is 26.7 Å². The number of carbonyl (C=O) groups excluding carboxylic acids is 1. The summed E-state index contributed by atoms with van der Waals surface area (Å²) >= 11 is 0. The molecule has 18 heavy (non-hydrogen) atoms. The number of carbonyl (C=O) groups is 1. The molecule has 1 aliphatic heterocycles. The molecule has 1 fully saturated rings. The summed E-state index contributed by atoms with van der Waals surface area (Å²) in [5.74, 6) is 0.344. The van der Waals surface area contributed by atoms with Crippen LogP contribution in [0.15, 0.2) is 0 Å². The van der Waals surface area contributed by atoms with Crippen LogP contribution >= 0.6 is 0 Å². The lowest BCUT2D eigenvalue weighted by atomic mass is 10.4. The summed E-state index contributed by atoms with van der Waals surface area (Å²) in [6, 6.07) is 0. The van der Waals surface area contributed by atoms with Gasteiger partial charge in [0, 0.05) is 19.5 Å². The van der Waals surface area contributed by atoms with E-state index in [0.29, 0.717) is 5.91 Å². The van der Waals surface area contributed by atoms with E-state index >= 15 is 0 Å². The fourth-order valence-corrected chi connectivity index (χ4v) is 2.19. The van der Waals surface area contributed by atoms with Gasteiger partial charge in [-0.2, -0.15) is 16.8 Å². The quantitative estimate of drug-likeness (QED) is 0.671. The molecule has 1 heterocycles. The highest BCUT2D eigenvalue weighted by atomic mass is 32.3. The molecule has 0 aromatic rings. The average molecular weight is 305 g/mol. The molecule has 1 saturated heterocycles. The van der Waals surface area contributed by atoms with E-state index < -0.39 is 20.8 Å². The van der Waals surface area contributed by atoms with Crippen molar-refractivity contribution in [1.82, 2.24) is 4.90 Å². The summed E-state index contributed by atoms with van der Waals surface area (Å²) in [5.41, 5.74) is 0. The van der Waals surface area contributed by atoms with Crippen molar-refractivity contribution in [3.05, 3.63) is 0 Å². The summed E-state index contributed by atoms with van der Waals surface area (Å²) in [5, 5.41) is 0. The van der Waals surface area contributed by atoms with Gasteiger partial charge in [0.05, 0.1) is 0 Å². The smallest absolute Gasteiger partial charge is 0.343 e. The molecule has 0 aliphatic carbocycles. The van der Waals surface area contributed by atoms with E-state index in [1.807, 2.05) is 4.90 Å². The summed E-state index contributed by atoms with van der Waals surface area (Å²) in [4.78, 5) is 12.8. The molecule has 0 aromatic carbocycles. The van der Waals surface area contributed by atoms with Gasteiger partial charge in [0.25, 0.3) is 0 Å². The zero-order valence-electron chi connectivity index (χ0n) is 9.64. The Morgan fingerprint density at radius 2 is 1.72 bits per heavy atom. The van der Waals surface area contributed by atoms with Crippen molar-refractivity contribution in [2.75, 3.05) is 13.1 Å². The molecular weight excluding hydrogens is 290 g/mol. The maximum Gasteiger partial charge on any atom is 0.413 e. The van der Waals surface area contributed by atoms with Gasteiger partial charge in [-0.05, 0) is 12.8 Å². The maximum atomic E-state index is 10.9. The number of amides is 1. The van der Waals surface area contributed by atoms with Crippen molar-refractivity contribution in [1.29, 1.82) is 0 Å². The lowest BCUT2D eigenvalue weighted by molar-refractivity contribution is -0.127. The fourth-order valence-electron chi connectivity index (χ4n) is 1.32. The minimum atomic E-state index is -5.12. The van der Waals surface area contributed by atoms with E-state index in [4.69, 9.17) is 9.11 Å². The van der Waals surface area contributed by atoms with Crippen LogP contribution < -0.4 is 0 Å². The molecule has 1 amide bonds. The third-order valence-corrected chi connectivity index (χ3v) is 3.21. The van der Waals surface area contributed by atoms with E-state index in [2.05, 4.69) is 10.6 Å². The topological polar surface area (TPSA) is 138 Å². The second kappa shape index (κ2) is 6.99. The van der Waals surface area contributed by atoms with Crippen LogP contribution in [0.1, 0.15) is 26.2 Å². The Balaban J connectivity index is 0.000000321. The van der Waals surface area contributed by atoms with E-state index in [-0.39, 0.29) is 0 Å². The lowest BCUT2D eigenvalue weighted by Crippen LogP contribution is -2.24. The molecule has 11 heteroatoms. The Morgan fingerprint density at radius 1 is 1.22 bits per heavy atom. The van der Waals surface area contributed by atoms with Gasteiger partial charge in [0.1, 0.15) is 0 Å². The molecule has 0 saturated carbocycles. The Bertz CT molecular complexity index is 438. The Kier molecular flexibility index (Phi) is 6.70. The van der Waals surface area contributed by atoms with Crippen molar-refractivity contribution in [3.63, 3.8) is 0 Å². The molecule has 0 aromatic heterocycles. The molecule has 1 aliphatic rings. The van der Waals surface area contributed by atoms with Crippen LogP contribution in [0.3, 0.4) is 0 Å². The van der Waals surface area contributed by atoms with Crippen LogP contribution in [0, 0.1) is 0 Å². The third kappa shape index (κ3) is 9.30. The first kappa shape index (κ1) is 17.2. The molecule has 0 radical (unpaired) electrons. The normalized spacial score (nSPS) is 16.4. The lowest BCUT2D eigenvalue weighted by Gasteiger charge is -2.12. The van der Waals surface area contributed by atoms with Crippen molar-refractivity contribution in [3.8, 4) is 0 Å². The van der Waals surface area contributed by atoms with Crippen LogP contribution in [0.25, 0.3) is 0 Å². The van der Waals surface area contributed by atoms with Crippen molar-refractivity contribution in [2.24, 2.45) is 0 Å². The van der Waals surface area contributed by atoms with Gasteiger partial charge in [-0.3, -0.25) is 13.9 Å². The fraction of sp³-hybridized carbons (Fsp3) is 0.857. The minimum absolute atomic E-state index is 0.344. The van der Waals surface area contributed by atoms with Crippen molar-refractivity contribution < 1.29 is 34.4 Å². The van der Waals surface area contributed by atoms with Gasteiger partial charge in [0.2, 0.25) is 5.91 Å². The number of hydrogen-bond acceptors (Lipinski definition) is 6. The molecule has 0 atom stereocenters. The molecule has 108 valence electrons. The van der Waals surface area contributed by atoms with Gasteiger partial charge in [0.15, 0.2) is 0 Å². The third-order valence-electron chi connectivity index (χ3n) is 1.84. The van der Waals surface area contributed by atoms with Crippen LogP contribution in [-0.2, 0) is 29.2 Å². The van der Waals surface area contributed by atoms with Gasteiger partial charge < -0.3 is 4.90 Å². The Morgan fingerprint density at radius 3 is 1.94 bits per heavy atom. The highest BCUT2D eigenvalue weighted by Gasteiger charge is 2.18. The van der Waals surface area contributed by atoms with Gasteiger partial charge in [-0.25, -0.2) is 0 Å². The monoisotopic (exact) mass is 305 g/mol. The standard InChI is InChI=1S/C7H13NO.H2O7S2/c1-2-5-8-6-3-4-7(8)9;1-8(2,3)7-9(4,5)6/h2-6H2,1H3;(H,1,2,3)(H,4,5,6). The molecule has 2 N–H and O–H groups in total. The van der Waals surface area contributed by atoms with Crippen LogP contribution in [0.5, 0.6) is 0 Å². The van der Waals surface area contributed by atoms with E-state index in [0.717, 1.165) is 32.4 Å². The zero-order valence-corrected chi connectivity index (χ0v) is 11.3. The average Bonchev–Trinajstić information content (AvgIpc) is 2.47. The molecule has 0 spiro atoms. The van der Waals surface area contributed by atoms with Gasteiger partial charge in [-0.1, -0.05) is 6.92 Å². The van der Waals surface area contributed by atoms with E-state index in [1.54, 1.807) is 0 Å². The van der Waals surface area contributed by atoms with Crippen molar-refractivity contribution in [2.45, 2.75) is 26.2 Å². The first-order valence-corrected chi connectivity index (χ1v) is 7.72. The minimum Gasteiger partial charge on any atom is -0.343 e. The molecule has 9 nitrogen and oxygen atoms in total. The summed E-state index contributed by atoms with van der Waals surface area (Å²) < 4.78 is 55.6. The SMILES string of the molecule is CCCN1CCCC1=O.O=S(=O)(O)OS(=O)(=O)O. The summed E-state index contributed by atoms with van der Waals surface area (Å²) in [6.45, 7) is 4.05. The van der Waals surface area contributed by atoms with Crippen LogP contribution in [0.4, 0.5) is 0 Å². The second-order valence-electron chi connectivity index (χ2n) is 3.41. The number of hydrogen-bond donors (Lipinski definition) is 2. The summed E-state index contributed by atoms with van der Waals surface area (Å²) in [7, 11) is -10.2. The highest BCUT2D eigenvalue weighted by Crippen LogP contribution is 2.08. The largest absolute Gasteiger partial charge is 0.413 e. The second-order valence-corrected chi connectivity index (χ2v) is 5.66. The Labute approximate surface area is 106 Å². The maximum absolute atomic E-state index is 10.9. The van der Waals surface area contributed by atoms with Crippen LogP contribution in [-0.4, -0.2) is 49.8 Å². The number of rotatable bonds is 4. The Hall–Kier alpha value is -0.750. The van der Waals surface area contributed by atoms with Gasteiger partial charge in [-0.15, -0.1) is 3.63 Å². The van der Waals surface area contributed by atoms with Gasteiger partial charge >= 0.3 is 20.8 Å². The molecule has 1 rings (SSSR count). The molecular formula is C7H15NO8S2. The highest BCUT2D eigenvalue weighted by molar-refractivity contribution is 7.94.